The highest BCUT2D eigenvalue weighted by atomic mass is 35.5. The molecule has 196 valence electrons. The SMILES string of the molecule is Cc1ccc(Cl)cc1NC(=O)c1nc[nH]c1C(=O)Nc1nc2ccc(OC3CCN(C(=O)O)CC3)cc2[nH]1. The van der Waals surface area contributed by atoms with Gasteiger partial charge in [0.25, 0.3) is 11.8 Å². The van der Waals surface area contributed by atoms with Crippen LogP contribution in [0.2, 0.25) is 5.02 Å². The third-order valence-corrected chi connectivity index (χ3v) is 6.46. The molecule has 1 saturated heterocycles. The number of carboxylic acid groups (broad SMARTS) is 1. The summed E-state index contributed by atoms with van der Waals surface area (Å²) in [6.07, 6.45) is 1.46. The second-order valence-corrected chi connectivity index (χ2v) is 9.28. The van der Waals surface area contributed by atoms with E-state index in [2.05, 4.69) is 30.6 Å². The van der Waals surface area contributed by atoms with E-state index in [4.69, 9.17) is 21.4 Å². The Morgan fingerprint density at radius 2 is 1.89 bits per heavy atom. The number of likely N-dealkylation sites (tertiary alicyclic amines) is 1. The van der Waals surface area contributed by atoms with Crippen molar-refractivity contribution >= 4 is 52.2 Å². The van der Waals surface area contributed by atoms with Crippen LogP contribution in [-0.2, 0) is 0 Å². The summed E-state index contributed by atoms with van der Waals surface area (Å²) in [5.74, 6) is -0.376. The van der Waals surface area contributed by atoms with Crippen LogP contribution in [0.25, 0.3) is 11.0 Å². The molecule has 0 saturated carbocycles. The van der Waals surface area contributed by atoms with Crippen molar-refractivity contribution in [3.8, 4) is 5.75 Å². The highest BCUT2D eigenvalue weighted by Gasteiger charge is 2.24. The third-order valence-electron chi connectivity index (χ3n) is 6.23. The van der Waals surface area contributed by atoms with Crippen LogP contribution in [0.3, 0.4) is 0 Å². The van der Waals surface area contributed by atoms with E-state index in [0.717, 1.165) is 5.56 Å². The van der Waals surface area contributed by atoms with Gasteiger partial charge in [-0.3, -0.25) is 14.9 Å². The molecule has 2 aromatic heterocycles. The lowest BCUT2D eigenvalue weighted by Crippen LogP contribution is -2.41. The fourth-order valence-electron chi connectivity index (χ4n) is 4.20. The molecule has 13 heteroatoms. The molecule has 4 aromatic rings. The molecule has 0 atom stereocenters. The maximum absolute atomic E-state index is 12.9. The van der Waals surface area contributed by atoms with Crippen molar-refractivity contribution in [1.82, 2.24) is 24.8 Å². The van der Waals surface area contributed by atoms with E-state index in [-0.39, 0.29) is 23.4 Å². The maximum Gasteiger partial charge on any atom is 0.407 e. The minimum absolute atomic E-state index is 0.0284. The number of nitrogens with one attached hydrogen (secondary N) is 4. The number of carbonyl (C=O) groups is 3. The van der Waals surface area contributed by atoms with Gasteiger partial charge in [0.05, 0.1) is 17.4 Å². The first-order chi connectivity index (χ1) is 18.3. The Kier molecular flexibility index (Phi) is 6.88. The molecule has 0 aliphatic carbocycles. The predicted molar refractivity (Wildman–Crippen MR) is 140 cm³/mol. The van der Waals surface area contributed by atoms with Gasteiger partial charge in [0.1, 0.15) is 17.5 Å². The van der Waals surface area contributed by atoms with Crippen molar-refractivity contribution in [3.63, 3.8) is 0 Å². The summed E-state index contributed by atoms with van der Waals surface area (Å²) >= 11 is 6.03. The zero-order chi connectivity index (χ0) is 26.8. The lowest BCUT2D eigenvalue weighted by Gasteiger charge is -2.30. The topological polar surface area (TPSA) is 165 Å². The molecule has 1 fully saturated rings. The van der Waals surface area contributed by atoms with Crippen LogP contribution < -0.4 is 15.4 Å². The molecule has 0 unspecified atom stereocenters. The fourth-order valence-corrected chi connectivity index (χ4v) is 4.37. The normalized spacial score (nSPS) is 13.9. The van der Waals surface area contributed by atoms with E-state index in [1.54, 1.807) is 36.4 Å². The molecule has 1 aliphatic heterocycles. The van der Waals surface area contributed by atoms with Crippen molar-refractivity contribution in [2.24, 2.45) is 0 Å². The molecule has 12 nitrogen and oxygen atoms in total. The lowest BCUT2D eigenvalue weighted by atomic mass is 10.1. The maximum atomic E-state index is 12.9. The molecular weight excluding hydrogens is 514 g/mol. The Balaban J connectivity index is 1.25. The summed E-state index contributed by atoms with van der Waals surface area (Å²) in [5.41, 5.74) is 2.45. The first-order valence-corrected chi connectivity index (χ1v) is 12.2. The van der Waals surface area contributed by atoms with Crippen LogP contribution >= 0.6 is 11.6 Å². The summed E-state index contributed by atoms with van der Waals surface area (Å²) in [6.45, 7) is 2.67. The summed E-state index contributed by atoms with van der Waals surface area (Å²) in [5, 5.41) is 14.9. The number of ether oxygens (including phenoxy) is 1. The van der Waals surface area contributed by atoms with Gasteiger partial charge in [-0.25, -0.2) is 14.8 Å². The molecule has 0 spiro atoms. The molecule has 0 radical (unpaired) electrons. The van der Waals surface area contributed by atoms with E-state index in [1.165, 1.54) is 11.2 Å². The van der Waals surface area contributed by atoms with E-state index in [9.17, 15) is 14.4 Å². The van der Waals surface area contributed by atoms with Crippen LogP contribution in [0.5, 0.6) is 5.75 Å². The highest BCUT2D eigenvalue weighted by Crippen LogP contribution is 2.25. The van der Waals surface area contributed by atoms with Gasteiger partial charge < -0.3 is 30.0 Å². The smallest absolute Gasteiger partial charge is 0.407 e. The van der Waals surface area contributed by atoms with Crippen molar-refractivity contribution in [1.29, 1.82) is 0 Å². The number of halogens is 1. The van der Waals surface area contributed by atoms with E-state index < -0.39 is 17.9 Å². The molecule has 38 heavy (non-hydrogen) atoms. The van der Waals surface area contributed by atoms with Crippen molar-refractivity contribution in [3.05, 3.63) is 64.7 Å². The van der Waals surface area contributed by atoms with Crippen molar-refractivity contribution < 1.29 is 24.2 Å². The van der Waals surface area contributed by atoms with Crippen molar-refractivity contribution in [2.75, 3.05) is 23.7 Å². The monoisotopic (exact) mass is 537 g/mol. The summed E-state index contributed by atoms with van der Waals surface area (Å²) in [6, 6.07) is 10.4. The lowest BCUT2D eigenvalue weighted by molar-refractivity contribution is 0.0894. The predicted octanol–water partition coefficient (Wildman–Crippen LogP) is 4.27. The number of benzene rings is 2. The number of nitrogens with zero attached hydrogens (tertiary/aromatic N) is 3. The third kappa shape index (κ3) is 5.39. The van der Waals surface area contributed by atoms with Crippen molar-refractivity contribution in [2.45, 2.75) is 25.9 Å². The molecule has 1 aliphatic rings. The average molecular weight is 538 g/mol. The van der Waals surface area contributed by atoms with Gasteiger partial charge >= 0.3 is 6.09 Å². The zero-order valence-corrected chi connectivity index (χ0v) is 21.0. The van der Waals surface area contributed by atoms with Crippen LogP contribution in [0, 0.1) is 6.92 Å². The summed E-state index contributed by atoms with van der Waals surface area (Å²) in [4.78, 5) is 52.3. The number of carbonyl (C=O) groups excluding carboxylic acids is 2. The Morgan fingerprint density at radius 3 is 2.66 bits per heavy atom. The molecule has 0 bridgehead atoms. The number of fused-ring (bicyclic) bond motifs is 1. The molecule has 5 rings (SSSR count). The van der Waals surface area contributed by atoms with Crippen LogP contribution in [0.4, 0.5) is 16.4 Å². The quantitative estimate of drug-likeness (QED) is 0.245. The molecule has 3 heterocycles. The van der Waals surface area contributed by atoms with Gasteiger partial charge in [-0.05, 0) is 36.8 Å². The van der Waals surface area contributed by atoms with E-state index in [1.807, 2.05) is 6.92 Å². The van der Waals surface area contributed by atoms with Crippen LogP contribution in [0.1, 0.15) is 39.4 Å². The second-order valence-electron chi connectivity index (χ2n) is 8.84. The number of rotatable bonds is 6. The van der Waals surface area contributed by atoms with E-state index in [0.29, 0.717) is 53.4 Å². The zero-order valence-electron chi connectivity index (χ0n) is 20.2. The number of amides is 3. The Morgan fingerprint density at radius 1 is 1.11 bits per heavy atom. The number of H-pyrrole nitrogens is 2. The summed E-state index contributed by atoms with van der Waals surface area (Å²) < 4.78 is 6.03. The largest absolute Gasteiger partial charge is 0.490 e. The first-order valence-electron chi connectivity index (χ1n) is 11.8. The number of hydrogen-bond acceptors (Lipinski definition) is 6. The molecule has 3 amide bonds. The standard InChI is InChI=1S/C25H24ClN7O5/c1-13-2-3-14(26)10-18(13)29-22(34)20-21(28-12-27-20)23(35)32-24-30-17-5-4-16(11-19(17)31-24)38-15-6-8-33(9-7-15)25(36)37/h2-5,10-12,15H,6-9H2,1H3,(H,27,28)(H,29,34)(H,36,37)(H2,30,31,32,35). The fraction of sp³-hybridized carbons (Fsp3) is 0.240. The molecule has 2 aromatic carbocycles. The second kappa shape index (κ2) is 10.4. The number of imidazole rings is 2. The van der Waals surface area contributed by atoms with Gasteiger partial charge in [-0.15, -0.1) is 0 Å². The molecule has 5 N–H and O–H groups in total. The highest BCUT2D eigenvalue weighted by molar-refractivity contribution is 6.31. The van der Waals surface area contributed by atoms with Crippen LogP contribution in [-0.4, -0.2) is 67.0 Å². The number of hydrogen-bond donors (Lipinski definition) is 5. The minimum Gasteiger partial charge on any atom is -0.490 e. The first kappa shape index (κ1) is 25.1. The number of piperidine rings is 1. The minimum atomic E-state index is -0.920. The van der Waals surface area contributed by atoms with Gasteiger partial charge in [-0.1, -0.05) is 17.7 Å². The van der Waals surface area contributed by atoms with Gasteiger partial charge in [0.15, 0.2) is 5.69 Å². The van der Waals surface area contributed by atoms with Crippen LogP contribution in [0.15, 0.2) is 42.7 Å². The number of anilines is 2. The number of aromatic amines is 2. The molecular formula is C25H24ClN7O5. The Labute approximate surface area is 221 Å². The average Bonchev–Trinajstić information content (AvgIpc) is 3.53. The number of aryl methyl sites for hydroxylation is 1. The van der Waals surface area contributed by atoms with Gasteiger partial charge in [0, 0.05) is 42.7 Å². The van der Waals surface area contributed by atoms with Gasteiger partial charge in [-0.2, -0.15) is 0 Å². The Bertz CT molecular complexity index is 1520. The Hall–Kier alpha value is -4.58. The van der Waals surface area contributed by atoms with E-state index >= 15 is 0 Å². The van der Waals surface area contributed by atoms with Gasteiger partial charge in [0.2, 0.25) is 5.95 Å². The summed E-state index contributed by atoms with van der Waals surface area (Å²) in [7, 11) is 0. The number of aromatic nitrogens is 4.